The molecule has 2 aliphatic rings. The van der Waals surface area contributed by atoms with E-state index in [1.54, 1.807) is 11.8 Å². The van der Waals surface area contributed by atoms with Crippen molar-refractivity contribution in [1.82, 2.24) is 4.90 Å². The van der Waals surface area contributed by atoms with E-state index in [2.05, 4.69) is 0 Å². The van der Waals surface area contributed by atoms with Crippen LogP contribution in [0.2, 0.25) is 0 Å². The molecule has 2 N–H and O–H groups in total. The fraction of sp³-hybridized carbons (Fsp3) is 0.882. The maximum absolute atomic E-state index is 12.6. The summed E-state index contributed by atoms with van der Waals surface area (Å²) in [6.45, 7) is 7.26. The molecule has 2 fully saturated rings. The number of nitrogens with two attached hydrogens (primary N) is 1. The van der Waals surface area contributed by atoms with Crippen molar-refractivity contribution in [2.24, 2.45) is 11.7 Å². The minimum Gasteiger partial charge on any atom is -0.458 e. The van der Waals surface area contributed by atoms with Crippen molar-refractivity contribution in [3.05, 3.63) is 0 Å². The lowest BCUT2D eigenvalue weighted by atomic mass is 9.94. The monoisotopic (exact) mass is 310 g/mol. The molecule has 5 heteroatoms. The van der Waals surface area contributed by atoms with Gasteiger partial charge in [0.25, 0.3) is 0 Å². The van der Waals surface area contributed by atoms with Crippen LogP contribution in [-0.2, 0) is 14.3 Å². The van der Waals surface area contributed by atoms with Crippen LogP contribution in [0.3, 0.4) is 0 Å². The number of hydrogen-bond acceptors (Lipinski definition) is 4. The van der Waals surface area contributed by atoms with Crippen LogP contribution in [0.1, 0.15) is 66.2 Å². The van der Waals surface area contributed by atoms with E-state index in [4.69, 9.17) is 10.5 Å². The first-order chi connectivity index (χ1) is 10.2. The lowest BCUT2D eigenvalue weighted by Crippen LogP contribution is -2.52. The van der Waals surface area contributed by atoms with E-state index in [1.165, 1.54) is 12.8 Å². The highest BCUT2D eigenvalue weighted by atomic mass is 16.6. The van der Waals surface area contributed by atoms with Crippen LogP contribution in [0.4, 0.5) is 0 Å². The van der Waals surface area contributed by atoms with Gasteiger partial charge in [-0.2, -0.15) is 0 Å². The van der Waals surface area contributed by atoms with Gasteiger partial charge in [0.1, 0.15) is 11.6 Å². The Labute approximate surface area is 133 Å². The average molecular weight is 310 g/mol. The summed E-state index contributed by atoms with van der Waals surface area (Å²) in [5, 5.41) is 0. The summed E-state index contributed by atoms with van der Waals surface area (Å²) in [6.07, 6.45) is 6.30. The predicted octanol–water partition coefficient (Wildman–Crippen LogP) is 2.23. The SMILES string of the molecule is C[C@H](N)C(=O)N1[C@@H]2CCCCC[C@H]2C[C@H]1C(=O)OC(C)(C)C. The van der Waals surface area contributed by atoms with Gasteiger partial charge in [0.2, 0.25) is 5.91 Å². The number of carbonyl (C=O) groups excluding carboxylic acids is 2. The molecule has 1 saturated carbocycles. The van der Waals surface area contributed by atoms with Gasteiger partial charge >= 0.3 is 5.97 Å². The average Bonchev–Trinajstić information content (AvgIpc) is 2.59. The van der Waals surface area contributed by atoms with Crippen LogP contribution in [0.5, 0.6) is 0 Å². The van der Waals surface area contributed by atoms with Crippen molar-refractivity contribution in [2.45, 2.75) is 89.9 Å². The standard InChI is InChI=1S/C17H30N2O3/c1-11(18)15(20)19-13-9-7-5-6-8-12(13)10-14(19)16(21)22-17(2,3)4/h11-14H,5-10,18H2,1-4H3/t11-,12-,13+,14-/m0/s1. The Kier molecular flexibility index (Phi) is 5.15. The second kappa shape index (κ2) is 6.57. The van der Waals surface area contributed by atoms with Crippen molar-refractivity contribution in [3.8, 4) is 0 Å². The van der Waals surface area contributed by atoms with Crippen molar-refractivity contribution in [1.29, 1.82) is 0 Å². The normalized spacial score (nSPS) is 30.4. The molecule has 0 bridgehead atoms. The molecular weight excluding hydrogens is 280 g/mol. The maximum Gasteiger partial charge on any atom is 0.329 e. The smallest absolute Gasteiger partial charge is 0.329 e. The van der Waals surface area contributed by atoms with E-state index < -0.39 is 17.7 Å². The van der Waals surface area contributed by atoms with Gasteiger partial charge in [0, 0.05) is 6.04 Å². The summed E-state index contributed by atoms with van der Waals surface area (Å²) in [5.41, 5.74) is 5.29. The number of ether oxygens (including phenoxy) is 1. The Morgan fingerprint density at radius 1 is 1.18 bits per heavy atom. The first-order valence-electron chi connectivity index (χ1n) is 8.51. The Morgan fingerprint density at radius 2 is 1.82 bits per heavy atom. The van der Waals surface area contributed by atoms with E-state index in [-0.39, 0.29) is 17.9 Å². The van der Waals surface area contributed by atoms with Gasteiger partial charge in [-0.25, -0.2) is 4.79 Å². The minimum atomic E-state index is -0.577. The van der Waals surface area contributed by atoms with Crippen LogP contribution in [0.25, 0.3) is 0 Å². The summed E-state index contributed by atoms with van der Waals surface area (Å²) < 4.78 is 5.55. The largest absolute Gasteiger partial charge is 0.458 e. The molecule has 1 saturated heterocycles. The fourth-order valence-electron chi connectivity index (χ4n) is 3.77. The molecule has 1 heterocycles. The molecule has 0 unspecified atom stereocenters. The van der Waals surface area contributed by atoms with Gasteiger partial charge in [-0.15, -0.1) is 0 Å². The van der Waals surface area contributed by atoms with Crippen molar-refractivity contribution < 1.29 is 14.3 Å². The minimum absolute atomic E-state index is 0.120. The van der Waals surface area contributed by atoms with Crippen molar-refractivity contribution >= 4 is 11.9 Å². The number of esters is 1. The predicted molar refractivity (Wildman–Crippen MR) is 85.1 cm³/mol. The zero-order valence-electron chi connectivity index (χ0n) is 14.3. The Morgan fingerprint density at radius 3 is 2.41 bits per heavy atom. The van der Waals surface area contributed by atoms with Crippen LogP contribution in [-0.4, -0.2) is 40.5 Å². The first kappa shape index (κ1) is 17.3. The molecule has 0 aromatic heterocycles. The summed E-state index contributed by atoms with van der Waals surface area (Å²) in [7, 11) is 0. The molecule has 0 spiro atoms. The second-order valence-electron chi connectivity index (χ2n) is 7.78. The first-order valence-corrected chi connectivity index (χ1v) is 8.51. The number of amides is 1. The quantitative estimate of drug-likeness (QED) is 0.794. The maximum atomic E-state index is 12.6. The molecule has 22 heavy (non-hydrogen) atoms. The number of likely N-dealkylation sites (tertiary alicyclic amines) is 1. The molecule has 126 valence electrons. The third kappa shape index (κ3) is 3.80. The number of fused-ring (bicyclic) bond motifs is 1. The molecule has 1 aliphatic carbocycles. The zero-order chi connectivity index (χ0) is 16.5. The molecular formula is C17H30N2O3. The highest BCUT2D eigenvalue weighted by Gasteiger charge is 2.48. The van der Waals surface area contributed by atoms with Gasteiger partial charge in [0.15, 0.2) is 0 Å². The number of carbonyl (C=O) groups is 2. The third-order valence-electron chi connectivity index (χ3n) is 4.66. The van der Waals surface area contributed by atoms with E-state index in [1.807, 2.05) is 20.8 Å². The molecule has 1 amide bonds. The van der Waals surface area contributed by atoms with Gasteiger partial charge in [-0.05, 0) is 52.9 Å². The van der Waals surface area contributed by atoms with Crippen molar-refractivity contribution in [3.63, 3.8) is 0 Å². The molecule has 0 aromatic rings. The van der Waals surface area contributed by atoms with Crippen molar-refractivity contribution in [2.75, 3.05) is 0 Å². The van der Waals surface area contributed by atoms with Gasteiger partial charge in [0.05, 0.1) is 6.04 Å². The second-order valence-corrected chi connectivity index (χ2v) is 7.78. The number of rotatable bonds is 2. The van der Waals surface area contributed by atoms with Gasteiger partial charge in [-0.1, -0.05) is 19.3 Å². The summed E-state index contributed by atoms with van der Waals surface area (Å²) in [5.74, 6) is 0.00236. The fourth-order valence-corrected chi connectivity index (χ4v) is 3.77. The van der Waals surface area contributed by atoms with Crippen LogP contribution in [0, 0.1) is 5.92 Å². The number of nitrogens with zero attached hydrogens (tertiary/aromatic N) is 1. The van der Waals surface area contributed by atoms with E-state index in [0.717, 1.165) is 25.7 Å². The van der Waals surface area contributed by atoms with Crippen LogP contribution < -0.4 is 5.73 Å². The Bertz CT molecular complexity index is 428. The number of hydrogen-bond donors (Lipinski definition) is 1. The molecule has 4 atom stereocenters. The Balaban J connectivity index is 2.23. The molecule has 2 rings (SSSR count). The highest BCUT2D eigenvalue weighted by Crippen LogP contribution is 2.39. The van der Waals surface area contributed by atoms with E-state index in [9.17, 15) is 9.59 Å². The van der Waals surface area contributed by atoms with Gasteiger partial charge < -0.3 is 15.4 Å². The van der Waals surface area contributed by atoms with E-state index >= 15 is 0 Å². The Hall–Kier alpha value is -1.10. The highest BCUT2D eigenvalue weighted by molar-refractivity contribution is 5.88. The van der Waals surface area contributed by atoms with Gasteiger partial charge in [-0.3, -0.25) is 4.79 Å². The molecule has 5 nitrogen and oxygen atoms in total. The molecule has 0 aromatic carbocycles. The van der Waals surface area contributed by atoms with Crippen LogP contribution in [0.15, 0.2) is 0 Å². The molecule has 1 aliphatic heterocycles. The summed E-state index contributed by atoms with van der Waals surface area (Å²) in [6, 6.07) is -0.892. The third-order valence-corrected chi connectivity index (χ3v) is 4.66. The lowest BCUT2D eigenvalue weighted by Gasteiger charge is -2.33. The molecule has 0 radical (unpaired) electrons. The van der Waals surface area contributed by atoms with E-state index in [0.29, 0.717) is 5.92 Å². The topological polar surface area (TPSA) is 72.6 Å². The van der Waals surface area contributed by atoms with Crippen LogP contribution >= 0.6 is 0 Å². The summed E-state index contributed by atoms with van der Waals surface area (Å²) in [4.78, 5) is 26.9. The zero-order valence-corrected chi connectivity index (χ0v) is 14.3. The lowest BCUT2D eigenvalue weighted by molar-refractivity contribution is -0.164. The summed E-state index contributed by atoms with van der Waals surface area (Å²) >= 11 is 0.